The van der Waals surface area contributed by atoms with Crippen LogP contribution in [-0.2, 0) is 16.0 Å². The second-order valence-corrected chi connectivity index (χ2v) is 4.75. The van der Waals surface area contributed by atoms with Gasteiger partial charge in [0.05, 0.1) is 5.92 Å². The first-order chi connectivity index (χ1) is 8.40. The van der Waals surface area contributed by atoms with Crippen molar-refractivity contribution in [3.05, 3.63) is 35.4 Å². The first kappa shape index (κ1) is 14.2. The van der Waals surface area contributed by atoms with Crippen molar-refractivity contribution in [2.75, 3.05) is 0 Å². The van der Waals surface area contributed by atoms with Crippen LogP contribution in [0.1, 0.15) is 37.8 Å². The van der Waals surface area contributed by atoms with Crippen molar-refractivity contribution < 1.29 is 19.4 Å². The Morgan fingerprint density at radius 2 is 1.72 bits per heavy atom. The van der Waals surface area contributed by atoms with Crippen molar-refractivity contribution in [2.24, 2.45) is 5.92 Å². The number of carbonyl (C=O) groups is 2. The van der Waals surface area contributed by atoms with Gasteiger partial charge in [-0.05, 0) is 30.4 Å². The third-order valence-corrected chi connectivity index (χ3v) is 2.67. The Labute approximate surface area is 107 Å². The van der Waals surface area contributed by atoms with Crippen LogP contribution in [0.3, 0.4) is 0 Å². The number of esters is 1. The maximum absolute atomic E-state index is 11.4. The summed E-state index contributed by atoms with van der Waals surface area (Å²) in [4.78, 5) is 21.7. The molecule has 18 heavy (non-hydrogen) atoms. The smallest absolute Gasteiger partial charge is 0.449 e. The second kappa shape index (κ2) is 6.19. The van der Waals surface area contributed by atoms with Crippen molar-refractivity contribution in [2.45, 2.75) is 33.1 Å². The van der Waals surface area contributed by atoms with E-state index >= 15 is 0 Å². The minimum Gasteiger partial charge on any atom is -0.449 e. The predicted molar refractivity (Wildman–Crippen MR) is 67.5 cm³/mol. The number of carbonyl (C=O) groups excluding carboxylic acids is 1. The van der Waals surface area contributed by atoms with E-state index < -0.39 is 18.0 Å². The monoisotopic (exact) mass is 250 g/mol. The molecule has 0 heterocycles. The van der Waals surface area contributed by atoms with Crippen molar-refractivity contribution in [1.82, 2.24) is 0 Å². The molecule has 1 rings (SSSR count). The Morgan fingerprint density at radius 3 is 2.17 bits per heavy atom. The molecule has 0 aliphatic carbocycles. The van der Waals surface area contributed by atoms with Crippen LogP contribution in [0.5, 0.6) is 0 Å². The van der Waals surface area contributed by atoms with Gasteiger partial charge in [-0.2, -0.15) is 0 Å². The largest absolute Gasteiger partial charge is 0.513 e. The molecule has 0 aliphatic rings. The Balaban J connectivity index is 2.72. The zero-order chi connectivity index (χ0) is 13.7. The van der Waals surface area contributed by atoms with E-state index in [2.05, 4.69) is 18.6 Å². The summed E-state index contributed by atoms with van der Waals surface area (Å²) in [6, 6.07) is 7.59. The van der Waals surface area contributed by atoms with E-state index in [4.69, 9.17) is 5.11 Å². The molecule has 0 saturated heterocycles. The minimum absolute atomic E-state index is 0.574. The molecule has 0 aromatic heterocycles. The van der Waals surface area contributed by atoms with E-state index in [0.717, 1.165) is 12.0 Å². The first-order valence-electron chi connectivity index (χ1n) is 5.93. The van der Waals surface area contributed by atoms with Crippen molar-refractivity contribution in [1.29, 1.82) is 0 Å². The van der Waals surface area contributed by atoms with Crippen molar-refractivity contribution in [3.8, 4) is 0 Å². The van der Waals surface area contributed by atoms with Gasteiger partial charge in [0.25, 0.3) is 0 Å². The molecule has 0 aliphatic heterocycles. The second-order valence-electron chi connectivity index (χ2n) is 4.75. The lowest BCUT2D eigenvalue weighted by molar-refractivity contribution is -0.140. The first-order valence-corrected chi connectivity index (χ1v) is 5.93. The van der Waals surface area contributed by atoms with Gasteiger partial charge in [-0.25, -0.2) is 4.79 Å². The molecule has 0 saturated carbocycles. The summed E-state index contributed by atoms with van der Waals surface area (Å²) in [6.07, 6.45) is -0.586. The van der Waals surface area contributed by atoms with Gasteiger partial charge in [-0.3, -0.25) is 4.79 Å². The van der Waals surface area contributed by atoms with Gasteiger partial charge >= 0.3 is 12.1 Å². The highest BCUT2D eigenvalue weighted by atomic mass is 16.7. The number of ether oxygens (including phenoxy) is 1. The van der Waals surface area contributed by atoms with Gasteiger partial charge < -0.3 is 9.84 Å². The normalized spacial score (nSPS) is 12.2. The number of hydrogen-bond acceptors (Lipinski definition) is 3. The van der Waals surface area contributed by atoms with Gasteiger partial charge in [-0.15, -0.1) is 0 Å². The lowest BCUT2D eigenvalue weighted by Gasteiger charge is -2.10. The Morgan fingerprint density at radius 1 is 1.17 bits per heavy atom. The molecule has 1 unspecified atom stereocenters. The molecular formula is C14H18O4. The molecule has 4 heteroatoms. The molecule has 0 spiro atoms. The lowest BCUT2D eigenvalue weighted by Crippen LogP contribution is -2.16. The average molecular weight is 250 g/mol. The molecule has 4 nitrogen and oxygen atoms in total. The molecule has 0 radical (unpaired) electrons. The molecule has 0 amide bonds. The van der Waals surface area contributed by atoms with E-state index in [9.17, 15) is 9.59 Å². The summed E-state index contributed by atoms with van der Waals surface area (Å²) in [7, 11) is 0. The SMILES string of the molecule is CC(C)Cc1ccc(C(C)C(=O)OC(=O)O)cc1. The van der Waals surface area contributed by atoms with E-state index in [1.807, 2.05) is 24.3 Å². The number of carboxylic acid groups (broad SMARTS) is 1. The van der Waals surface area contributed by atoms with Crippen LogP contribution in [0.25, 0.3) is 0 Å². The Kier molecular flexibility index (Phi) is 4.89. The minimum atomic E-state index is -1.57. The van der Waals surface area contributed by atoms with E-state index in [-0.39, 0.29) is 0 Å². The summed E-state index contributed by atoms with van der Waals surface area (Å²) in [5, 5.41) is 8.38. The summed E-state index contributed by atoms with van der Waals surface area (Å²) in [5.74, 6) is -0.751. The molecule has 0 fully saturated rings. The quantitative estimate of drug-likeness (QED) is 0.658. The topological polar surface area (TPSA) is 63.6 Å². The lowest BCUT2D eigenvalue weighted by atomic mass is 9.97. The van der Waals surface area contributed by atoms with Gasteiger partial charge in [-0.1, -0.05) is 38.1 Å². The summed E-state index contributed by atoms with van der Waals surface area (Å²) in [6.45, 7) is 5.91. The van der Waals surface area contributed by atoms with Crippen LogP contribution < -0.4 is 0 Å². The highest BCUT2D eigenvalue weighted by Gasteiger charge is 2.19. The highest BCUT2D eigenvalue weighted by molar-refractivity contribution is 5.85. The Bertz CT molecular complexity index is 420. The standard InChI is InChI=1S/C14H18O4/c1-9(2)8-11-4-6-12(7-5-11)10(3)13(15)18-14(16)17/h4-7,9-10H,8H2,1-3H3,(H,16,17). The van der Waals surface area contributed by atoms with Crippen LogP contribution in [0.4, 0.5) is 4.79 Å². The number of rotatable bonds is 4. The molecule has 98 valence electrons. The molecule has 1 atom stereocenters. The maximum atomic E-state index is 11.4. The molecule has 1 N–H and O–H groups in total. The zero-order valence-electron chi connectivity index (χ0n) is 10.8. The number of hydrogen-bond donors (Lipinski definition) is 1. The molecule has 1 aromatic rings. The van der Waals surface area contributed by atoms with E-state index in [1.54, 1.807) is 6.92 Å². The fourth-order valence-electron chi connectivity index (χ4n) is 1.72. The van der Waals surface area contributed by atoms with Crippen LogP contribution >= 0.6 is 0 Å². The van der Waals surface area contributed by atoms with Crippen LogP contribution in [0.15, 0.2) is 24.3 Å². The van der Waals surface area contributed by atoms with E-state index in [0.29, 0.717) is 5.92 Å². The zero-order valence-corrected chi connectivity index (χ0v) is 10.8. The fourth-order valence-corrected chi connectivity index (χ4v) is 1.72. The van der Waals surface area contributed by atoms with Gasteiger partial charge in [0, 0.05) is 0 Å². The summed E-state index contributed by atoms with van der Waals surface area (Å²) >= 11 is 0. The average Bonchev–Trinajstić information content (AvgIpc) is 2.27. The maximum Gasteiger partial charge on any atom is 0.513 e. The molecule has 1 aromatic carbocycles. The Hall–Kier alpha value is -1.84. The third kappa shape index (κ3) is 4.20. The van der Waals surface area contributed by atoms with Crippen molar-refractivity contribution >= 4 is 12.1 Å². The van der Waals surface area contributed by atoms with Crippen LogP contribution in [0.2, 0.25) is 0 Å². The summed E-state index contributed by atoms with van der Waals surface area (Å²) < 4.78 is 4.14. The molecule has 0 bridgehead atoms. The van der Waals surface area contributed by atoms with Gasteiger partial charge in [0.1, 0.15) is 0 Å². The predicted octanol–water partition coefficient (Wildman–Crippen LogP) is 3.21. The highest BCUT2D eigenvalue weighted by Crippen LogP contribution is 2.18. The third-order valence-electron chi connectivity index (χ3n) is 2.67. The van der Waals surface area contributed by atoms with Crippen LogP contribution in [0, 0.1) is 5.92 Å². The van der Waals surface area contributed by atoms with Gasteiger partial charge in [0.15, 0.2) is 0 Å². The van der Waals surface area contributed by atoms with Gasteiger partial charge in [0.2, 0.25) is 0 Å². The fraction of sp³-hybridized carbons (Fsp3) is 0.429. The van der Waals surface area contributed by atoms with Crippen molar-refractivity contribution in [3.63, 3.8) is 0 Å². The summed E-state index contributed by atoms with van der Waals surface area (Å²) in [5.41, 5.74) is 1.96. The van der Waals surface area contributed by atoms with E-state index in [1.165, 1.54) is 5.56 Å². The number of benzene rings is 1. The molecular weight excluding hydrogens is 232 g/mol. The van der Waals surface area contributed by atoms with Crippen LogP contribution in [-0.4, -0.2) is 17.2 Å².